The van der Waals surface area contributed by atoms with Gasteiger partial charge in [0.1, 0.15) is 18.3 Å². The molecule has 0 aliphatic heterocycles. The molecule has 188 valence electrons. The van der Waals surface area contributed by atoms with E-state index in [1.54, 1.807) is 6.92 Å². The van der Waals surface area contributed by atoms with E-state index < -0.39 is 53.0 Å². The summed E-state index contributed by atoms with van der Waals surface area (Å²) in [7, 11) is 0. The first-order valence-electron chi connectivity index (χ1n) is 12.1. The number of ether oxygens (including phenoxy) is 1. The highest BCUT2D eigenvalue weighted by molar-refractivity contribution is 5.92. The maximum atomic E-state index is 12.6. The Bertz CT molecular complexity index is 941. The zero-order valence-electron chi connectivity index (χ0n) is 19.7. The van der Waals surface area contributed by atoms with E-state index in [0.29, 0.717) is 31.3 Å². The predicted octanol–water partition coefficient (Wildman–Crippen LogP) is 1.17. The van der Waals surface area contributed by atoms with Crippen LogP contribution in [0, 0.1) is 28.6 Å². The fourth-order valence-electron chi connectivity index (χ4n) is 7.85. The van der Waals surface area contributed by atoms with Gasteiger partial charge >= 0.3 is 11.9 Å². The average molecular weight is 479 g/mol. The van der Waals surface area contributed by atoms with Crippen molar-refractivity contribution in [1.29, 1.82) is 0 Å². The molecule has 3 saturated carbocycles. The molecule has 0 heterocycles. The lowest BCUT2D eigenvalue weighted by Gasteiger charge is -2.61. The van der Waals surface area contributed by atoms with Gasteiger partial charge in [0, 0.05) is 11.8 Å². The third-order valence-electron chi connectivity index (χ3n) is 9.46. The van der Waals surface area contributed by atoms with Crippen LogP contribution in [0.2, 0.25) is 0 Å². The van der Waals surface area contributed by atoms with Crippen molar-refractivity contribution < 1.29 is 44.3 Å². The van der Waals surface area contributed by atoms with E-state index in [1.807, 2.05) is 6.92 Å². The van der Waals surface area contributed by atoms with Crippen LogP contribution >= 0.6 is 0 Å². The smallest absolute Gasteiger partial charge is 0.306 e. The van der Waals surface area contributed by atoms with Gasteiger partial charge in [0.15, 0.2) is 11.6 Å². The molecule has 0 aromatic heterocycles. The van der Waals surface area contributed by atoms with Crippen molar-refractivity contribution in [3.63, 3.8) is 0 Å². The normalized spacial score (nSPS) is 43.3. The molecule has 0 amide bonds. The number of Topliss-reactive ketones (excluding diaryl/α,β-unsaturated/α-hetero) is 1. The van der Waals surface area contributed by atoms with Crippen LogP contribution in [0.3, 0.4) is 0 Å². The summed E-state index contributed by atoms with van der Waals surface area (Å²) in [6, 6.07) is 0. The Kier molecular flexibility index (Phi) is 6.28. The van der Waals surface area contributed by atoms with Gasteiger partial charge in [-0.3, -0.25) is 19.2 Å². The fourth-order valence-corrected chi connectivity index (χ4v) is 7.85. The van der Waals surface area contributed by atoms with Gasteiger partial charge in [-0.25, -0.2) is 0 Å². The number of aliphatic hydroxyl groups is 3. The molecule has 0 radical (unpaired) electrons. The highest BCUT2D eigenvalue weighted by Gasteiger charge is 2.69. The van der Waals surface area contributed by atoms with E-state index in [4.69, 9.17) is 9.84 Å². The number of rotatable bonds is 6. The zero-order valence-corrected chi connectivity index (χ0v) is 19.7. The van der Waals surface area contributed by atoms with Crippen LogP contribution in [0.25, 0.3) is 0 Å². The van der Waals surface area contributed by atoms with Gasteiger partial charge < -0.3 is 25.2 Å². The van der Waals surface area contributed by atoms with Gasteiger partial charge in [0.05, 0.1) is 18.9 Å². The van der Waals surface area contributed by atoms with Crippen LogP contribution in [0.4, 0.5) is 0 Å². The Morgan fingerprint density at radius 3 is 2.53 bits per heavy atom. The van der Waals surface area contributed by atoms with Crippen molar-refractivity contribution in [3.8, 4) is 0 Å². The fraction of sp³-hybridized carbons (Fsp3) is 0.760. The van der Waals surface area contributed by atoms with Crippen molar-refractivity contribution in [2.75, 3.05) is 6.61 Å². The number of carboxylic acid groups (broad SMARTS) is 1. The first-order valence-corrected chi connectivity index (χ1v) is 12.1. The number of esters is 1. The van der Waals surface area contributed by atoms with E-state index in [2.05, 4.69) is 0 Å². The molecule has 0 saturated heterocycles. The molecule has 9 heteroatoms. The maximum absolute atomic E-state index is 12.6. The molecule has 8 atom stereocenters. The summed E-state index contributed by atoms with van der Waals surface area (Å²) < 4.78 is 5.74. The van der Waals surface area contributed by atoms with Gasteiger partial charge in [-0.1, -0.05) is 13.8 Å². The molecule has 4 aliphatic rings. The molecular weight excluding hydrogens is 444 g/mol. The van der Waals surface area contributed by atoms with E-state index >= 15 is 0 Å². The number of carbonyl (C=O) groups excluding carboxylic acids is 3. The number of fused-ring (bicyclic) bond motifs is 5. The summed E-state index contributed by atoms with van der Waals surface area (Å²) in [5.41, 5.74) is -2.65. The third-order valence-corrected chi connectivity index (χ3v) is 9.46. The minimum Gasteiger partial charge on any atom is -0.481 e. The second kappa shape index (κ2) is 8.53. The molecule has 0 spiro atoms. The molecule has 0 aromatic carbocycles. The lowest BCUT2D eigenvalue weighted by molar-refractivity contribution is -0.190. The Morgan fingerprint density at radius 2 is 1.88 bits per heavy atom. The molecule has 4 N–H and O–H groups in total. The topological polar surface area (TPSA) is 158 Å². The van der Waals surface area contributed by atoms with E-state index in [9.17, 15) is 34.5 Å². The Balaban J connectivity index is 1.71. The van der Waals surface area contributed by atoms with Crippen LogP contribution in [0.5, 0.6) is 0 Å². The van der Waals surface area contributed by atoms with Crippen molar-refractivity contribution in [1.82, 2.24) is 0 Å². The molecule has 34 heavy (non-hydrogen) atoms. The summed E-state index contributed by atoms with van der Waals surface area (Å²) >= 11 is 0. The van der Waals surface area contributed by atoms with Crippen LogP contribution in [-0.2, 0) is 23.9 Å². The number of hydrogen-bond acceptors (Lipinski definition) is 8. The number of aliphatic carboxylic acids is 1. The second-order valence-corrected chi connectivity index (χ2v) is 11.1. The Morgan fingerprint density at radius 1 is 1.18 bits per heavy atom. The predicted molar refractivity (Wildman–Crippen MR) is 117 cm³/mol. The molecule has 1 unspecified atom stereocenters. The summed E-state index contributed by atoms with van der Waals surface area (Å²) in [6.07, 6.45) is 1.31. The number of aliphatic hydroxyl groups excluding tert-OH is 2. The minimum atomic E-state index is -1.74. The van der Waals surface area contributed by atoms with Crippen LogP contribution < -0.4 is 0 Å². The minimum absolute atomic E-state index is 0.0727. The summed E-state index contributed by atoms with van der Waals surface area (Å²) in [6.45, 7) is 3.00. The van der Waals surface area contributed by atoms with Crippen molar-refractivity contribution >= 4 is 23.5 Å². The number of hydrogen-bond donors (Lipinski definition) is 4. The summed E-state index contributed by atoms with van der Waals surface area (Å²) in [4.78, 5) is 48.2. The monoisotopic (exact) mass is 478 g/mol. The van der Waals surface area contributed by atoms with Crippen molar-refractivity contribution in [3.05, 3.63) is 11.6 Å². The van der Waals surface area contributed by atoms with Crippen molar-refractivity contribution in [2.45, 2.75) is 83.0 Å². The quantitative estimate of drug-likeness (QED) is 0.411. The largest absolute Gasteiger partial charge is 0.481 e. The van der Waals surface area contributed by atoms with Gasteiger partial charge in [0.2, 0.25) is 0 Å². The van der Waals surface area contributed by atoms with Crippen LogP contribution in [0.1, 0.15) is 65.2 Å². The number of ketones is 2. The van der Waals surface area contributed by atoms with Gasteiger partial charge in [0.25, 0.3) is 0 Å². The highest BCUT2D eigenvalue weighted by Crippen LogP contribution is 2.67. The van der Waals surface area contributed by atoms with Crippen LogP contribution in [-0.4, -0.2) is 68.3 Å². The molecular formula is C25H34O9. The molecule has 0 aromatic rings. The number of carbonyl (C=O) groups is 4. The van der Waals surface area contributed by atoms with E-state index in [1.165, 1.54) is 6.08 Å². The molecule has 3 fully saturated rings. The summed E-state index contributed by atoms with van der Waals surface area (Å²) in [5, 5.41) is 41.2. The molecule has 4 rings (SSSR count). The van der Waals surface area contributed by atoms with Gasteiger partial charge in [-0.2, -0.15) is 0 Å². The molecule has 9 nitrogen and oxygen atoms in total. The first kappa shape index (κ1) is 25.0. The number of carboxylic acids is 1. The zero-order chi connectivity index (χ0) is 25.1. The lowest BCUT2D eigenvalue weighted by Crippen LogP contribution is -2.63. The maximum Gasteiger partial charge on any atom is 0.306 e. The Labute approximate surface area is 198 Å². The van der Waals surface area contributed by atoms with Gasteiger partial charge in [-0.05, 0) is 66.9 Å². The molecule has 4 aliphatic carbocycles. The lowest BCUT2D eigenvalue weighted by atomic mass is 9.45. The highest BCUT2D eigenvalue weighted by atomic mass is 16.5. The van der Waals surface area contributed by atoms with E-state index in [0.717, 1.165) is 0 Å². The summed E-state index contributed by atoms with van der Waals surface area (Å²) in [5.74, 6) is -3.08. The van der Waals surface area contributed by atoms with Crippen LogP contribution in [0.15, 0.2) is 11.6 Å². The third kappa shape index (κ3) is 3.63. The Hall–Kier alpha value is -2.10. The second-order valence-electron chi connectivity index (χ2n) is 11.1. The van der Waals surface area contributed by atoms with Gasteiger partial charge in [-0.15, -0.1) is 0 Å². The average Bonchev–Trinajstić information content (AvgIpc) is 3.03. The van der Waals surface area contributed by atoms with E-state index in [-0.39, 0.29) is 49.2 Å². The van der Waals surface area contributed by atoms with Crippen molar-refractivity contribution in [2.24, 2.45) is 28.6 Å². The standard InChI is InChI=1S/C25H34O9/c1-23-7-5-13(27)9-16(23)18(34-21(32)4-3-20(30)31)10-14-15-6-8-25(33,19(29)12-26)24(15,2)11-17(28)22(14)23/h9,14-15,17-18,22,26,28,33H,3-8,10-12H2,1-2H3,(H,30,31)/t14-,15-,17-,18?,22+,23-,24-,25-/m0/s1. The first-order chi connectivity index (χ1) is 15.9. The SMILES string of the molecule is C[C@]12CCC(=O)C=C1C(OC(=O)CCC(=O)O)C[C@@H]1[C@@H]2[C@@H](O)C[C@@]2(C)[C@H]1CC[C@]2(O)C(=O)CO. The molecule has 0 bridgehead atoms.